The number of rotatable bonds is 10. The Bertz CT molecular complexity index is 1240. The lowest BCUT2D eigenvalue weighted by Crippen LogP contribution is -2.19. The summed E-state index contributed by atoms with van der Waals surface area (Å²) in [6.45, 7) is 3.87. The molecule has 3 rings (SSSR count). The number of ether oxygens (including phenoxy) is 3. The van der Waals surface area contributed by atoms with Gasteiger partial charge < -0.3 is 30.2 Å². The molecule has 3 aromatic carbocycles. The van der Waals surface area contributed by atoms with Gasteiger partial charge in [0.1, 0.15) is 0 Å². The van der Waals surface area contributed by atoms with Gasteiger partial charge in [-0.05, 0) is 50.1 Å². The Hall–Kier alpha value is -4.53. The molecule has 0 atom stereocenters. The summed E-state index contributed by atoms with van der Waals surface area (Å²) in [7, 11) is 2.93. The number of carbonyl (C=O) groups excluding carboxylic acids is 3. The molecule has 0 radical (unpaired) electrons. The Balaban J connectivity index is 1.58. The van der Waals surface area contributed by atoms with Crippen LogP contribution in [-0.2, 0) is 16.0 Å². The summed E-state index contributed by atoms with van der Waals surface area (Å²) in [5.74, 6) is -0.129. The fourth-order valence-corrected chi connectivity index (χ4v) is 3.52. The number of esters is 1. The molecule has 0 unspecified atom stereocenters. The third-order valence-electron chi connectivity index (χ3n) is 5.46. The summed E-state index contributed by atoms with van der Waals surface area (Å²) in [4.78, 5) is 37.3. The average molecular weight is 506 g/mol. The van der Waals surface area contributed by atoms with E-state index in [4.69, 9.17) is 14.2 Å². The molecule has 3 aromatic rings. The number of hydrogen-bond acceptors (Lipinski definition) is 6. The fourth-order valence-electron chi connectivity index (χ4n) is 3.52. The first-order valence-electron chi connectivity index (χ1n) is 11.8. The van der Waals surface area contributed by atoms with Gasteiger partial charge in [-0.25, -0.2) is 9.59 Å². The summed E-state index contributed by atoms with van der Waals surface area (Å²) in [5.41, 5.74) is 3.80. The molecule has 3 amide bonds. The number of aryl methyl sites for hydroxylation is 2. The first kappa shape index (κ1) is 27.1. The van der Waals surface area contributed by atoms with E-state index in [9.17, 15) is 14.4 Å². The number of amides is 3. The van der Waals surface area contributed by atoms with Crippen LogP contribution in [0.4, 0.5) is 21.9 Å². The van der Waals surface area contributed by atoms with E-state index in [0.29, 0.717) is 29.3 Å². The van der Waals surface area contributed by atoms with Crippen molar-refractivity contribution in [3.8, 4) is 11.5 Å². The molecule has 37 heavy (non-hydrogen) atoms. The highest BCUT2D eigenvalue weighted by molar-refractivity contribution is 6.02. The predicted molar refractivity (Wildman–Crippen MR) is 143 cm³/mol. The van der Waals surface area contributed by atoms with E-state index in [-0.39, 0.29) is 36.2 Å². The van der Waals surface area contributed by atoms with Crippen molar-refractivity contribution in [1.29, 1.82) is 0 Å². The first-order chi connectivity index (χ1) is 17.8. The van der Waals surface area contributed by atoms with Gasteiger partial charge in [0.25, 0.3) is 0 Å². The number of carbonyl (C=O) groups is 3. The molecule has 0 bridgehead atoms. The third-order valence-corrected chi connectivity index (χ3v) is 5.46. The third kappa shape index (κ3) is 7.73. The lowest BCUT2D eigenvalue weighted by molar-refractivity contribution is -0.116. The van der Waals surface area contributed by atoms with Crippen LogP contribution in [0.1, 0.15) is 34.8 Å². The molecule has 0 heterocycles. The quantitative estimate of drug-likeness (QED) is 0.318. The largest absolute Gasteiger partial charge is 0.493 e. The van der Waals surface area contributed by atoms with Gasteiger partial charge in [0.05, 0.1) is 32.1 Å². The molecule has 0 aliphatic carbocycles. The SMILES string of the molecule is CCOC(=O)c1cc(OC)c(OC)cc1NC(=O)CCc1ccc(NC(=O)Nc2ccc(C)cc2)cc1. The van der Waals surface area contributed by atoms with Crippen LogP contribution in [0.2, 0.25) is 0 Å². The maximum atomic E-state index is 12.7. The van der Waals surface area contributed by atoms with Gasteiger partial charge in [0.15, 0.2) is 11.5 Å². The lowest BCUT2D eigenvalue weighted by atomic mass is 10.1. The molecular formula is C28H31N3O6. The van der Waals surface area contributed by atoms with E-state index in [0.717, 1.165) is 11.1 Å². The van der Waals surface area contributed by atoms with Gasteiger partial charge in [0.2, 0.25) is 5.91 Å². The second-order valence-electron chi connectivity index (χ2n) is 8.16. The summed E-state index contributed by atoms with van der Waals surface area (Å²) in [6, 6.07) is 17.4. The Morgan fingerprint density at radius 2 is 1.35 bits per heavy atom. The van der Waals surface area contributed by atoms with Gasteiger partial charge in [-0.2, -0.15) is 0 Å². The molecule has 0 saturated carbocycles. The first-order valence-corrected chi connectivity index (χ1v) is 11.8. The Labute approximate surface area is 216 Å². The molecule has 194 valence electrons. The molecule has 0 aliphatic heterocycles. The van der Waals surface area contributed by atoms with Crippen molar-refractivity contribution in [3.05, 3.63) is 77.4 Å². The van der Waals surface area contributed by atoms with Crippen LogP contribution in [0, 0.1) is 6.92 Å². The van der Waals surface area contributed by atoms with Crippen molar-refractivity contribution >= 4 is 35.0 Å². The zero-order valence-corrected chi connectivity index (χ0v) is 21.3. The highest BCUT2D eigenvalue weighted by atomic mass is 16.5. The van der Waals surface area contributed by atoms with E-state index >= 15 is 0 Å². The number of hydrogen-bond donors (Lipinski definition) is 3. The van der Waals surface area contributed by atoms with Crippen molar-refractivity contribution in [1.82, 2.24) is 0 Å². The summed E-state index contributed by atoms with van der Waals surface area (Å²) < 4.78 is 15.7. The normalized spacial score (nSPS) is 10.3. The molecule has 0 aromatic heterocycles. The van der Waals surface area contributed by atoms with E-state index < -0.39 is 5.97 Å². The maximum absolute atomic E-state index is 12.7. The van der Waals surface area contributed by atoms with Crippen LogP contribution in [0.5, 0.6) is 11.5 Å². The molecular weight excluding hydrogens is 474 g/mol. The second-order valence-corrected chi connectivity index (χ2v) is 8.16. The Kier molecular flexibility index (Phi) is 9.48. The topological polar surface area (TPSA) is 115 Å². The van der Waals surface area contributed by atoms with Gasteiger partial charge in [0, 0.05) is 29.9 Å². The smallest absolute Gasteiger partial charge is 0.340 e. The number of urea groups is 1. The zero-order valence-electron chi connectivity index (χ0n) is 21.3. The van der Waals surface area contributed by atoms with Crippen molar-refractivity contribution < 1.29 is 28.6 Å². The maximum Gasteiger partial charge on any atom is 0.340 e. The number of methoxy groups -OCH3 is 2. The monoisotopic (exact) mass is 505 g/mol. The van der Waals surface area contributed by atoms with Gasteiger partial charge in [-0.3, -0.25) is 4.79 Å². The van der Waals surface area contributed by atoms with Crippen LogP contribution in [0.25, 0.3) is 0 Å². The minimum absolute atomic E-state index is 0.173. The van der Waals surface area contributed by atoms with Crippen molar-refractivity contribution in [3.63, 3.8) is 0 Å². The number of nitrogens with one attached hydrogen (secondary N) is 3. The van der Waals surface area contributed by atoms with E-state index in [1.54, 1.807) is 19.1 Å². The number of anilines is 3. The molecule has 3 N–H and O–H groups in total. The molecule has 0 saturated heterocycles. The minimum atomic E-state index is -0.576. The Morgan fingerprint density at radius 1 is 0.784 bits per heavy atom. The number of benzene rings is 3. The molecule has 9 heteroatoms. The highest BCUT2D eigenvalue weighted by Gasteiger charge is 2.19. The second kappa shape index (κ2) is 13.0. The van der Waals surface area contributed by atoms with E-state index in [1.807, 2.05) is 43.3 Å². The molecule has 0 aliphatic rings. The molecule has 0 fully saturated rings. The predicted octanol–water partition coefficient (Wildman–Crippen LogP) is 5.40. The molecule has 0 spiro atoms. The van der Waals surface area contributed by atoms with E-state index in [2.05, 4.69) is 16.0 Å². The van der Waals surface area contributed by atoms with Gasteiger partial charge >= 0.3 is 12.0 Å². The van der Waals surface area contributed by atoms with Crippen LogP contribution in [0.15, 0.2) is 60.7 Å². The fraction of sp³-hybridized carbons (Fsp3) is 0.250. The lowest BCUT2D eigenvalue weighted by Gasteiger charge is -2.15. The van der Waals surface area contributed by atoms with E-state index in [1.165, 1.54) is 26.4 Å². The van der Waals surface area contributed by atoms with Crippen LogP contribution >= 0.6 is 0 Å². The zero-order chi connectivity index (χ0) is 26.8. The highest BCUT2D eigenvalue weighted by Crippen LogP contribution is 2.34. The van der Waals surface area contributed by atoms with Crippen LogP contribution in [0.3, 0.4) is 0 Å². The van der Waals surface area contributed by atoms with Crippen molar-refractivity contribution in [2.75, 3.05) is 36.8 Å². The van der Waals surface area contributed by atoms with Crippen molar-refractivity contribution in [2.45, 2.75) is 26.7 Å². The minimum Gasteiger partial charge on any atom is -0.493 e. The standard InChI is InChI=1S/C28H31N3O6/c1-5-37-27(33)22-16-24(35-3)25(36-4)17-23(22)31-26(32)15-10-19-8-13-21(14-9-19)30-28(34)29-20-11-6-18(2)7-12-20/h6-9,11-14,16-17H,5,10,15H2,1-4H3,(H,31,32)(H2,29,30,34). The average Bonchev–Trinajstić information content (AvgIpc) is 2.89. The van der Waals surface area contributed by atoms with Crippen LogP contribution < -0.4 is 25.4 Å². The van der Waals surface area contributed by atoms with Gasteiger partial charge in [-0.15, -0.1) is 0 Å². The summed E-state index contributed by atoms with van der Waals surface area (Å²) >= 11 is 0. The van der Waals surface area contributed by atoms with Gasteiger partial charge in [-0.1, -0.05) is 29.8 Å². The summed E-state index contributed by atoms with van der Waals surface area (Å²) in [6.07, 6.45) is 0.640. The van der Waals surface area contributed by atoms with Crippen molar-refractivity contribution in [2.24, 2.45) is 0 Å². The Morgan fingerprint density at radius 3 is 1.92 bits per heavy atom. The van der Waals surface area contributed by atoms with Crippen LogP contribution in [-0.4, -0.2) is 38.7 Å². The molecule has 9 nitrogen and oxygen atoms in total. The summed E-state index contributed by atoms with van der Waals surface area (Å²) in [5, 5.41) is 8.33.